The van der Waals surface area contributed by atoms with Gasteiger partial charge in [0.15, 0.2) is 5.88 Å². The summed E-state index contributed by atoms with van der Waals surface area (Å²) in [5.41, 5.74) is 8.09. The molecule has 0 spiro atoms. The van der Waals surface area contributed by atoms with Crippen LogP contribution in [-0.4, -0.2) is 21.3 Å². The third kappa shape index (κ3) is 1.47. The van der Waals surface area contributed by atoms with E-state index < -0.39 is 0 Å². The van der Waals surface area contributed by atoms with Gasteiger partial charge in [0.25, 0.3) is 0 Å². The van der Waals surface area contributed by atoms with Gasteiger partial charge in [0.05, 0.1) is 12.1 Å². The Bertz CT molecular complexity index is 517. The second-order valence-corrected chi connectivity index (χ2v) is 3.87. The molecule has 16 heavy (non-hydrogen) atoms. The fraction of sp³-hybridized carbons (Fsp3) is 0.333. The summed E-state index contributed by atoms with van der Waals surface area (Å²) in [5, 5.41) is 20.2. The number of aromatic hydroxyl groups is 1. The van der Waals surface area contributed by atoms with E-state index in [9.17, 15) is 10.2 Å². The van der Waals surface area contributed by atoms with E-state index in [0.717, 1.165) is 22.0 Å². The molecule has 0 saturated heterocycles. The fourth-order valence-electron chi connectivity index (χ4n) is 2.18. The van der Waals surface area contributed by atoms with Crippen molar-refractivity contribution in [2.75, 3.05) is 6.54 Å². The fourth-order valence-corrected chi connectivity index (χ4v) is 2.18. The highest BCUT2D eigenvalue weighted by atomic mass is 16.3. The number of nitrogens with two attached hydrogens (primary N) is 1. The van der Waals surface area contributed by atoms with E-state index >= 15 is 0 Å². The first-order valence-corrected chi connectivity index (χ1v) is 5.29. The summed E-state index contributed by atoms with van der Waals surface area (Å²) in [5.74, 6) is 0.237. The number of aromatic nitrogens is 1. The summed E-state index contributed by atoms with van der Waals surface area (Å²) in [4.78, 5) is 0. The molecule has 0 atom stereocenters. The van der Waals surface area contributed by atoms with Gasteiger partial charge in [0.1, 0.15) is 0 Å². The van der Waals surface area contributed by atoms with E-state index in [1.165, 1.54) is 0 Å². The van der Waals surface area contributed by atoms with Crippen molar-refractivity contribution in [3.05, 3.63) is 29.3 Å². The number of nitrogens with zero attached hydrogens (tertiary/aromatic N) is 1. The standard InChI is InChI=1S/C12H16N2O2/c1-14-11-8(7-15)3-2-4-9(11)10(5-6-13)12(14)16/h2-4,15-16H,5-7,13H2,1H3. The molecule has 0 amide bonds. The molecule has 1 heterocycles. The van der Waals surface area contributed by atoms with E-state index in [1.54, 1.807) is 11.6 Å². The van der Waals surface area contributed by atoms with Crippen LogP contribution in [0.5, 0.6) is 5.88 Å². The lowest BCUT2D eigenvalue weighted by Gasteiger charge is -2.02. The zero-order chi connectivity index (χ0) is 11.7. The summed E-state index contributed by atoms with van der Waals surface area (Å²) in [6, 6.07) is 5.68. The van der Waals surface area contributed by atoms with Gasteiger partial charge in [-0.05, 0) is 13.0 Å². The molecule has 0 aliphatic heterocycles. The van der Waals surface area contributed by atoms with Crippen LogP contribution in [0.3, 0.4) is 0 Å². The first kappa shape index (κ1) is 11.0. The number of hydrogen-bond acceptors (Lipinski definition) is 3. The number of rotatable bonds is 3. The largest absolute Gasteiger partial charge is 0.494 e. The van der Waals surface area contributed by atoms with Crippen LogP contribution in [0.15, 0.2) is 18.2 Å². The van der Waals surface area contributed by atoms with E-state index in [4.69, 9.17) is 5.73 Å². The van der Waals surface area contributed by atoms with Crippen molar-refractivity contribution >= 4 is 10.9 Å². The molecule has 0 fully saturated rings. The Morgan fingerprint density at radius 1 is 1.38 bits per heavy atom. The van der Waals surface area contributed by atoms with Crippen LogP contribution >= 0.6 is 0 Å². The predicted molar refractivity (Wildman–Crippen MR) is 63.3 cm³/mol. The second kappa shape index (κ2) is 4.15. The number of aliphatic hydroxyl groups excluding tert-OH is 1. The first-order valence-electron chi connectivity index (χ1n) is 5.29. The van der Waals surface area contributed by atoms with Crippen LogP contribution in [0.2, 0.25) is 0 Å². The molecule has 1 aromatic heterocycles. The monoisotopic (exact) mass is 220 g/mol. The summed E-state index contributed by atoms with van der Waals surface area (Å²) < 4.78 is 1.70. The topological polar surface area (TPSA) is 71.4 Å². The lowest BCUT2D eigenvalue weighted by molar-refractivity contribution is 0.283. The van der Waals surface area contributed by atoms with Gasteiger partial charge in [0.2, 0.25) is 0 Å². The van der Waals surface area contributed by atoms with Gasteiger partial charge >= 0.3 is 0 Å². The number of benzene rings is 1. The highest BCUT2D eigenvalue weighted by Crippen LogP contribution is 2.32. The maximum Gasteiger partial charge on any atom is 0.195 e. The third-order valence-electron chi connectivity index (χ3n) is 2.93. The number of hydrogen-bond donors (Lipinski definition) is 3. The second-order valence-electron chi connectivity index (χ2n) is 3.87. The van der Waals surface area contributed by atoms with Gasteiger partial charge in [-0.3, -0.25) is 0 Å². The van der Waals surface area contributed by atoms with Gasteiger partial charge in [-0.2, -0.15) is 0 Å². The molecule has 4 N–H and O–H groups in total. The molecule has 0 aliphatic rings. The Morgan fingerprint density at radius 3 is 2.75 bits per heavy atom. The molecule has 86 valence electrons. The van der Waals surface area contributed by atoms with Crippen molar-refractivity contribution in [3.63, 3.8) is 0 Å². The zero-order valence-corrected chi connectivity index (χ0v) is 9.27. The SMILES string of the molecule is Cn1c(O)c(CCN)c2cccc(CO)c21. The van der Waals surface area contributed by atoms with E-state index in [1.807, 2.05) is 18.2 Å². The average molecular weight is 220 g/mol. The van der Waals surface area contributed by atoms with Crippen LogP contribution in [0.25, 0.3) is 10.9 Å². The maximum atomic E-state index is 10.00. The van der Waals surface area contributed by atoms with Gasteiger partial charge in [0, 0.05) is 23.6 Å². The minimum absolute atomic E-state index is 0.0311. The first-order chi connectivity index (χ1) is 7.70. The van der Waals surface area contributed by atoms with Crippen LogP contribution in [-0.2, 0) is 20.1 Å². The van der Waals surface area contributed by atoms with Gasteiger partial charge < -0.3 is 20.5 Å². The minimum atomic E-state index is -0.0311. The number of para-hydroxylation sites is 1. The van der Waals surface area contributed by atoms with Crippen molar-refractivity contribution in [1.29, 1.82) is 0 Å². The number of aliphatic hydroxyl groups is 1. The lowest BCUT2D eigenvalue weighted by Crippen LogP contribution is -2.02. The number of fused-ring (bicyclic) bond motifs is 1. The summed E-state index contributed by atoms with van der Waals surface area (Å²) in [6.45, 7) is 0.465. The van der Waals surface area contributed by atoms with Crippen molar-refractivity contribution in [2.45, 2.75) is 13.0 Å². The molecular formula is C12H16N2O2. The molecule has 0 unspecified atom stereocenters. The molecular weight excluding hydrogens is 204 g/mol. The van der Waals surface area contributed by atoms with Crippen molar-refractivity contribution in [1.82, 2.24) is 4.57 Å². The van der Waals surface area contributed by atoms with E-state index in [2.05, 4.69) is 0 Å². The van der Waals surface area contributed by atoms with Crippen LogP contribution in [0, 0.1) is 0 Å². The number of aryl methyl sites for hydroxylation is 1. The lowest BCUT2D eigenvalue weighted by atomic mass is 10.1. The van der Waals surface area contributed by atoms with Crippen molar-refractivity contribution in [3.8, 4) is 5.88 Å². The maximum absolute atomic E-state index is 10.00. The molecule has 2 rings (SSSR count). The smallest absolute Gasteiger partial charge is 0.195 e. The molecule has 0 aliphatic carbocycles. The Morgan fingerprint density at radius 2 is 2.12 bits per heavy atom. The van der Waals surface area contributed by atoms with E-state index in [-0.39, 0.29) is 12.5 Å². The van der Waals surface area contributed by atoms with Crippen molar-refractivity contribution < 1.29 is 10.2 Å². The third-order valence-corrected chi connectivity index (χ3v) is 2.93. The summed E-state index contributed by atoms with van der Waals surface area (Å²) in [6.07, 6.45) is 0.637. The molecule has 0 bridgehead atoms. The molecule has 1 aromatic carbocycles. The molecule has 2 aromatic rings. The Kier molecular flexibility index (Phi) is 2.85. The van der Waals surface area contributed by atoms with Gasteiger partial charge in [-0.1, -0.05) is 18.2 Å². The van der Waals surface area contributed by atoms with Gasteiger partial charge in [-0.15, -0.1) is 0 Å². The summed E-state index contributed by atoms with van der Waals surface area (Å²) in [7, 11) is 1.79. The Labute approximate surface area is 93.9 Å². The molecule has 4 nitrogen and oxygen atoms in total. The van der Waals surface area contributed by atoms with Crippen LogP contribution in [0.4, 0.5) is 0 Å². The molecule has 4 heteroatoms. The Balaban J connectivity index is 2.78. The molecule has 0 saturated carbocycles. The van der Waals surface area contributed by atoms with Crippen molar-refractivity contribution in [2.24, 2.45) is 12.8 Å². The van der Waals surface area contributed by atoms with Crippen LogP contribution < -0.4 is 5.73 Å². The average Bonchev–Trinajstić information content (AvgIpc) is 2.55. The quantitative estimate of drug-likeness (QED) is 0.719. The minimum Gasteiger partial charge on any atom is -0.494 e. The normalized spacial score (nSPS) is 11.2. The highest BCUT2D eigenvalue weighted by molar-refractivity contribution is 5.89. The Hall–Kier alpha value is -1.52. The highest BCUT2D eigenvalue weighted by Gasteiger charge is 2.15. The van der Waals surface area contributed by atoms with Crippen LogP contribution in [0.1, 0.15) is 11.1 Å². The summed E-state index contributed by atoms with van der Waals surface area (Å²) >= 11 is 0. The van der Waals surface area contributed by atoms with E-state index in [0.29, 0.717) is 13.0 Å². The van der Waals surface area contributed by atoms with Gasteiger partial charge in [-0.25, -0.2) is 0 Å². The molecule has 0 radical (unpaired) electrons. The zero-order valence-electron chi connectivity index (χ0n) is 9.27. The predicted octanol–water partition coefficient (Wildman–Crippen LogP) is 0.877.